The van der Waals surface area contributed by atoms with Gasteiger partial charge in [0.15, 0.2) is 0 Å². The van der Waals surface area contributed by atoms with Crippen LogP contribution >= 0.6 is 31.9 Å². The van der Waals surface area contributed by atoms with Gasteiger partial charge < -0.3 is 10.1 Å². The van der Waals surface area contributed by atoms with Gasteiger partial charge in [0.25, 0.3) is 0 Å². The van der Waals surface area contributed by atoms with Gasteiger partial charge in [-0.1, -0.05) is 50.1 Å². The molecule has 0 unspecified atom stereocenters. The zero-order chi connectivity index (χ0) is 13.7. The number of nitrogens with one attached hydrogen (secondary N) is 1. The zero-order valence-electron chi connectivity index (χ0n) is 10.6. The minimum Gasteiger partial charge on any atom is -0.381 e. The van der Waals surface area contributed by atoms with Crippen molar-refractivity contribution in [1.82, 2.24) is 0 Å². The average Bonchev–Trinajstić information content (AvgIpc) is 2.40. The molecule has 0 atom stereocenters. The minimum atomic E-state index is 0.586. The van der Waals surface area contributed by atoms with Gasteiger partial charge in [0.2, 0.25) is 0 Å². The number of rotatable bonds is 5. The normalized spacial score (nSPS) is 10.5. The summed E-state index contributed by atoms with van der Waals surface area (Å²) in [5.74, 6) is 0. The molecule has 0 aliphatic carbocycles. The van der Waals surface area contributed by atoms with Gasteiger partial charge in [-0.05, 0) is 29.8 Å². The molecule has 0 aliphatic heterocycles. The molecule has 0 amide bonds. The maximum atomic E-state index is 5.24. The Labute approximate surface area is 130 Å². The lowest BCUT2D eigenvalue weighted by Crippen LogP contribution is -2.03. The molecule has 0 spiro atoms. The monoisotopic (exact) mass is 383 g/mol. The molecule has 2 nitrogen and oxygen atoms in total. The Kier molecular flexibility index (Phi) is 5.43. The first-order valence-corrected chi connectivity index (χ1v) is 7.54. The van der Waals surface area contributed by atoms with Gasteiger partial charge in [-0.25, -0.2) is 0 Å². The summed E-state index contributed by atoms with van der Waals surface area (Å²) in [7, 11) is 1.71. The van der Waals surface area contributed by atoms with Crippen LogP contribution in [0.3, 0.4) is 0 Å². The average molecular weight is 385 g/mol. The lowest BCUT2D eigenvalue weighted by molar-refractivity contribution is 0.185. The molecule has 0 saturated heterocycles. The number of halogens is 2. The molecule has 2 aromatic carbocycles. The van der Waals surface area contributed by atoms with E-state index in [-0.39, 0.29) is 0 Å². The molecule has 19 heavy (non-hydrogen) atoms. The summed E-state index contributed by atoms with van der Waals surface area (Å²) in [6.07, 6.45) is 0. The van der Waals surface area contributed by atoms with E-state index in [9.17, 15) is 0 Å². The molecule has 0 saturated carbocycles. The number of hydrogen-bond donors (Lipinski definition) is 1. The van der Waals surface area contributed by atoms with E-state index in [0.717, 1.165) is 26.7 Å². The lowest BCUT2D eigenvalue weighted by Gasteiger charge is -2.13. The van der Waals surface area contributed by atoms with E-state index in [1.165, 1.54) is 5.56 Å². The van der Waals surface area contributed by atoms with Gasteiger partial charge in [0, 0.05) is 33.9 Å². The summed E-state index contributed by atoms with van der Waals surface area (Å²) < 4.78 is 7.40. The first-order chi connectivity index (χ1) is 9.20. The lowest BCUT2D eigenvalue weighted by atomic mass is 10.1. The molecular formula is C15H15Br2NO. The second kappa shape index (κ2) is 7.08. The van der Waals surface area contributed by atoms with Crippen LogP contribution in [0.15, 0.2) is 51.4 Å². The van der Waals surface area contributed by atoms with Crippen LogP contribution in [0.4, 0.5) is 5.69 Å². The van der Waals surface area contributed by atoms with Crippen molar-refractivity contribution in [3.8, 4) is 0 Å². The van der Waals surface area contributed by atoms with Crippen molar-refractivity contribution < 1.29 is 4.74 Å². The van der Waals surface area contributed by atoms with Crippen molar-refractivity contribution in [1.29, 1.82) is 0 Å². The SMILES string of the molecule is COCc1c(Br)cccc1NCc1cccc(Br)c1. The van der Waals surface area contributed by atoms with Gasteiger partial charge in [0.05, 0.1) is 6.61 Å². The van der Waals surface area contributed by atoms with E-state index in [1.54, 1.807) is 7.11 Å². The second-order valence-electron chi connectivity index (χ2n) is 4.18. The third-order valence-corrected chi connectivity index (χ3v) is 4.02. The fourth-order valence-corrected chi connectivity index (χ4v) is 2.79. The minimum absolute atomic E-state index is 0.586. The highest BCUT2D eigenvalue weighted by atomic mass is 79.9. The van der Waals surface area contributed by atoms with Crippen LogP contribution in [0.2, 0.25) is 0 Å². The maximum absolute atomic E-state index is 5.24. The summed E-state index contributed by atoms with van der Waals surface area (Å²) in [5.41, 5.74) is 3.47. The molecule has 0 aliphatic rings. The molecule has 0 bridgehead atoms. The van der Waals surface area contributed by atoms with E-state index in [0.29, 0.717) is 6.61 Å². The standard InChI is InChI=1S/C15H15Br2NO/c1-19-10-13-14(17)6-3-7-15(13)18-9-11-4-2-5-12(16)8-11/h2-8,18H,9-10H2,1H3. The van der Waals surface area contributed by atoms with Crippen LogP contribution in [0.5, 0.6) is 0 Å². The van der Waals surface area contributed by atoms with E-state index >= 15 is 0 Å². The molecular weight excluding hydrogens is 370 g/mol. The first-order valence-electron chi connectivity index (χ1n) is 5.95. The summed E-state index contributed by atoms with van der Waals surface area (Å²) in [4.78, 5) is 0. The van der Waals surface area contributed by atoms with Crippen LogP contribution in [-0.4, -0.2) is 7.11 Å². The summed E-state index contributed by atoms with van der Waals surface area (Å²) >= 11 is 7.04. The Morgan fingerprint density at radius 1 is 1.11 bits per heavy atom. The van der Waals surface area contributed by atoms with Crippen molar-refractivity contribution >= 4 is 37.5 Å². The second-order valence-corrected chi connectivity index (χ2v) is 5.95. The topological polar surface area (TPSA) is 21.3 Å². The Morgan fingerprint density at radius 3 is 2.63 bits per heavy atom. The molecule has 0 fully saturated rings. The largest absolute Gasteiger partial charge is 0.381 e. The predicted octanol–water partition coefficient (Wildman–Crippen LogP) is 4.97. The zero-order valence-corrected chi connectivity index (χ0v) is 13.8. The number of methoxy groups -OCH3 is 1. The Morgan fingerprint density at radius 2 is 1.89 bits per heavy atom. The highest BCUT2D eigenvalue weighted by Crippen LogP contribution is 2.26. The fourth-order valence-electron chi connectivity index (χ4n) is 1.86. The van der Waals surface area contributed by atoms with E-state index in [4.69, 9.17) is 4.74 Å². The Bertz CT molecular complexity index is 558. The van der Waals surface area contributed by atoms with Crippen molar-refractivity contribution in [2.45, 2.75) is 13.2 Å². The van der Waals surface area contributed by atoms with Crippen LogP contribution in [0.1, 0.15) is 11.1 Å². The quantitative estimate of drug-likeness (QED) is 0.785. The third-order valence-electron chi connectivity index (χ3n) is 2.78. The van der Waals surface area contributed by atoms with Crippen molar-refractivity contribution in [3.05, 3.63) is 62.5 Å². The van der Waals surface area contributed by atoms with E-state index in [2.05, 4.69) is 55.4 Å². The van der Waals surface area contributed by atoms with Crippen LogP contribution in [0, 0.1) is 0 Å². The summed E-state index contributed by atoms with van der Waals surface area (Å²) in [5, 5.41) is 3.45. The van der Waals surface area contributed by atoms with Crippen molar-refractivity contribution in [2.75, 3.05) is 12.4 Å². The molecule has 2 rings (SSSR count). The first kappa shape index (κ1) is 14.6. The van der Waals surface area contributed by atoms with Gasteiger partial charge in [0.1, 0.15) is 0 Å². The van der Waals surface area contributed by atoms with E-state index < -0.39 is 0 Å². The number of ether oxygens (including phenoxy) is 1. The third kappa shape index (κ3) is 4.06. The van der Waals surface area contributed by atoms with Crippen molar-refractivity contribution in [2.24, 2.45) is 0 Å². The molecule has 100 valence electrons. The van der Waals surface area contributed by atoms with Gasteiger partial charge in [-0.15, -0.1) is 0 Å². The Balaban J connectivity index is 2.13. The van der Waals surface area contributed by atoms with Gasteiger partial charge in [-0.3, -0.25) is 0 Å². The Hall–Kier alpha value is -0.840. The van der Waals surface area contributed by atoms with E-state index in [1.807, 2.05) is 24.3 Å². The molecule has 1 N–H and O–H groups in total. The van der Waals surface area contributed by atoms with Crippen LogP contribution in [-0.2, 0) is 17.9 Å². The number of benzene rings is 2. The van der Waals surface area contributed by atoms with Crippen molar-refractivity contribution in [3.63, 3.8) is 0 Å². The molecule has 4 heteroatoms. The molecule has 0 radical (unpaired) electrons. The molecule has 0 aromatic heterocycles. The highest BCUT2D eigenvalue weighted by Gasteiger charge is 2.06. The molecule has 2 aromatic rings. The predicted molar refractivity (Wildman–Crippen MR) is 86.3 cm³/mol. The van der Waals surface area contributed by atoms with Gasteiger partial charge in [-0.2, -0.15) is 0 Å². The number of hydrogen-bond acceptors (Lipinski definition) is 2. The summed E-state index contributed by atoms with van der Waals surface area (Å²) in [6, 6.07) is 14.4. The van der Waals surface area contributed by atoms with Crippen LogP contribution < -0.4 is 5.32 Å². The van der Waals surface area contributed by atoms with Gasteiger partial charge >= 0.3 is 0 Å². The number of anilines is 1. The van der Waals surface area contributed by atoms with Crippen LogP contribution in [0.25, 0.3) is 0 Å². The highest BCUT2D eigenvalue weighted by molar-refractivity contribution is 9.10. The maximum Gasteiger partial charge on any atom is 0.0744 e. The molecule has 0 heterocycles. The summed E-state index contributed by atoms with van der Waals surface area (Å²) in [6.45, 7) is 1.37. The smallest absolute Gasteiger partial charge is 0.0744 e. The fraction of sp³-hybridized carbons (Fsp3) is 0.200.